The van der Waals surface area contributed by atoms with Gasteiger partial charge in [0, 0.05) is 62.6 Å². The molecule has 3 aliphatic heterocycles. The minimum atomic E-state index is -4.27. The lowest BCUT2D eigenvalue weighted by atomic mass is 9.83. The standard InChI is InChI=1S/C61H86Br2ClN9O17S/c1-34(2)51(68-40(30-74)17-12-13-23-67-60(31-62,32-63)33-75)54(78)70-42(18-15-22-66-57(65)81)53(77)69-41-21-20-39(27-46(41)91(11,84)85)55(79)72(7)37(5)56(80)89-48-28-49(76)73(8)43-25-38(26-44(86-9)50(43)64)24-35(3)16-14-19-47(87-10)61(83)29-45(88-58(82)71-61)36(4)52-59(48,6)90-52/h14,16,19-21,25-27,30,33-34,36-37,40,42,45,47-48,51-52,67-68,83H,12-13,15,17-18,22-24,28-29,31-32H2,1-11H3,(H,69,77)(H,70,78)(H,71,82)(H3,65,66,81)/b19-14+,35-16+/t36-,37+,40?,42+,45+,47-,48+,51+,52+,59+,61+/m1/s1. The molecule has 5 rings (SSSR count). The van der Waals surface area contributed by atoms with Crippen LogP contribution in [0.4, 0.5) is 21.0 Å². The number of anilines is 2. The van der Waals surface area contributed by atoms with Gasteiger partial charge in [0.1, 0.15) is 59.3 Å². The molecular formula is C61H86Br2ClN9O17S. The normalized spacial score (nSPS) is 24.3. The molecule has 7 amide bonds. The van der Waals surface area contributed by atoms with Crippen molar-refractivity contribution in [3.63, 3.8) is 0 Å². The second kappa shape index (κ2) is 33.2. The molecule has 4 bridgehead atoms. The lowest BCUT2D eigenvalue weighted by molar-refractivity contribution is -0.158. The number of nitrogens with zero attached hydrogens (tertiary/aromatic N) is 2. The van der Waals surface area contributed by atoms with E-state index in [2.05, 4.69) is 63.8 Å². The van der Waals surface area contributed by atoms with Crippen LogP contribution >= 0.6 is 43.5 Å². The van der Waals surface area contributed by atoms with Crippen LogP contribution in [0.3, 0.4) is 0 Å². The molecule has 0 saturated carbocycles. The van der Waals surface area contributed by atoms with Gasteiger partial charge < -0.3 is 75.2 Å². The van der Waals surface area contributed by atoms with Gasteiger partial charge in [-0.25, -0.2) is 22.8 Å². The maximum Gasteiger partial charge on any atom is 0.409 e. The Labute approximate surface area is 553 Å². The number of aldehydes is 2. The van der Waals surface area contributed by atoms with E-state index in [9.17, 15) is 56.7 Å². The Morgan fingerprint density at radius 2 is 1.73 bits per heavy atom. The number of urea groups is 1. The monoisotopic (exact) mass is 1440 g/mol. The van der Waals surface area contributed by atoms with E-state index in [1.807, 2.05) is 6.92 Å². The number of allylic oxidation sites excluding steroid dienone is 3. The molecule has 2 aromatic rings. The number of likely N-dealkylation sites (N-methyl/N-ethyl adjacent to an activating group) is 1. The number of nitrogens with one attached hydrogen (secondary N) is 6. The fraction of sp³-hybridized carbons (Fsp3) is 0.590. The van der Waals surface area contributed by atoms with Gasteiger partial charge in [0.15, 0.2) is 15.6 Å². The second-order valence-corrected chi connectivity index (χ2v) is 27.4. The number of sulfone groups is 1. The fourth-order valence-electron chi connectivity index (χ4n) is 10.8. The molecule has 26 nitrogen and oxygen atoms in total. The maximum atomic E-state index is 14.6. The Kier molecular flexibility index (Phi) is 27.6. The molecule has 0 aliphatic carbocycles. The third-order valence-electron chi connectivity index (χ3n) is 16.6. The van der Waals surface area contributed by atoms with Gasteiger partial charge in [-0.2, -0.15) is 0 Å². The lowest BCUT2D eigenvalue weighted by Gasteiger charge is -2.42. The number of amides is 7. The van der Waals surface area contributed by atoms with Crippen LogP contribution in [0.5, 0.6) is 5.75 Å². The predicted molar refractivity (Wildman–Crippen MR) is 347 cm³/mol. The maximum absolute atomic E-state index is 14.6. The van der Waals surface area contributed by atoms with E-state index < -0.39 is 140 Å². The molecule has 3 heterocycles. The first kappa shape index (κ1) is 75.7. The summed E-state index contributed by atoms with van der Waals surface area (Å²) in [6, 6.07) is 1.50. The number of alkyl carbamates (subject to hydrolysis) is 1. The van der Waals surface area contributed by atoms with Gasteiger partial charge >= 0.3 is 18.1 Å². The summed E-state index contributed by atoms with van der Waals surface area (Å²) in [6.07, 6.45) is 3.46. The third-order valence-corrected chi connectivity index (χ3v) is 20.1. The highest BCUT2D eigenvalue weighted by molar-refractivity contribution is 9.10. The summed E-state index contributed by atoms with van der Waals surface area (Å²) in [5, 5.41) is 29.3. The molecular weight excluding hydrogens is 1360 g/mol. The molecule has 11 atom stereocenters. The second-order valence-electron chi connectivity index (χ2n) is 23.9. The summed E-state index contributed by atoms with van der Waals surface area (Å²) in [7, 11) is 1.31. The van der Waals surface area contributed by atoms with E-state index >= 15 is 0 Å². The molecule has 0 spiro atoms. The van der Waals surface area contributed by atoms with Crippen LogP contribution in [0.2, 0.25) is 5.02 Å². The topological polar surface area (TPSA) is 362 Å². The Morgan fingerprint density at radius 1 is 1.03 bits per heavy atom. The van der Waals surface area contributed by atoms with Gasteiger partial charge in [-0.1, -0.05) is 94.5 Å². The molecule has 2 aromatic carbocycles. The van der Waals surface area contributed by atoms with Crippen molar-refractivity contribution < 1.29 is 80.4 Å². The number of benzene rings is 2. The summed E-state index contributed by atoms with van der Waals surface area (Å²) in [5.74, 6) is -4.80. The van der Waals surface area contributed by atoms with Crippen molar-refractivity contribution in [2.45, 2.75) is 163 Å². The average molecular weight is 1440 g/mol. The van der Waals surface area contributed by atoms with Gasteiger partial charge in [0.05, 0.1) is 53.5 Å². The largest absolute Gasteiger partial charge is 0.495 e. The molecule has 2 fully saturated rings. The van der Waals surface area contributed by atoms with Gasteiger partial charge in [-0.05, 0) is 101 Å². The van der Waals surface area contributed by atoms with Gasteiger partial charge in [-0.3, -0.25) is 29.8 Å². The first-order valence-corrected chi connectivity index (χ1v) is 34.2. The van der Waals surface area contributed by atoms with E-state index in [4.69, 9.17) is 41.0 Å². The molecule has 30 heteroatoms. The summed E-state index contributed by atoms with van der Waals surface area (Å²) in [5.41, 5.74) is 2.41. The first-order valence-electron chi connectivity index (χ1n) is 29.7. The SMILES string of the molecule is COc1cc2cc(c1Cl)N(C)C(=O)C[C@H](OC(=O)[C@H](C)N(C)C(=O)c1ccc(NC(=O)[C@H](CCCNC(N)=O)NC(=O)[C@@H](NC(C=O)CCCCNC(C=O)(CBr)CBr)C(C)C)c(S(C)(=O)=O)c1)[C@]1(C)O[C@H]1[C@H](C)[C@@H]1C[C@@](O)(NC(=O)O1)[C@H](OC)/C=C/C=C(\C)C2. The molecule has 504 valence electrons. The minimum Gasteiger partial charge on any atom is -0.495 e. The van der Waals surface area contributed by atoms with Crippen molar-refractivity contribution in [3.05, 3.63) is 70.3 Å². The third kappa shape index (κ3) is 19.8. The number of ether oxygens (including phenoxy) is 5. The molecule has 0 aromatic heterocycles. The van der Waals surface area contributed by atoms with Crippen LogP contribution in [0, 0.1) is 11.8 Å². The van der Waals surface area contributed by atoms with Crippen LogP contribution < -0.4 is 47.3 Å². The molecule has 3 aliphatic rings. The molecule has 9 N–H and O–H groups in total. The number of unbranched alkanes of at least 4 members (excludes halogenated alkanes) is 1. The van der Waals surface area contributed by atoms with Crippen LogP contribution in [0.15, 0.2) is 59.0 Å². The number of carbonyl (C=O) groups excluding carboxylic acids is 9. The quantitative estimate of drug-likeness (QED) is 0.0187. The van der Waals surface area contributed by atoms with Crippen LogP contribution in [0.25, 0.3) is 0 Å². The number of carbonyl (C=O) groups is 9. The number of aliphatic hydroxyl groups is 1. The van der Waals surface area contributed by atoms with E-state index in [0.717, 1.165) is 29.1 Å². The number of esters is 1. The zero-order valence-corrected chi connectivity index (χ0v) is 57.8. The molecule has 91 heavy (non-hydrogen) atoms. The van der Waals surface area contributed by atoms with Crippen molar-refractivity contribution in [3.8, 4) is 5.75 Å². The van der Waals surface area contributed by atoms with Crippen molar-refractivity contribution in [2.75, 3.05) is 68.5 Å². The number of rotatable bonds is 28. The zero-order valence-electron chi connectivity index (χ0n) is 53.0. The van der Waals surface area contributed by atoms with E-state index in [0.29, 0.717) is 54.7 Å². The van der Waals surface area contributed by atoms with Crippen molar-refractivity contribution in [1.82, 2.24) is 31.5 Å². The minimum absolute atomic E-state index is 0.00571. The number of nitrogens with two attached hydrogens (primary N) is 1. The Bertz CT molecular complexity index is 3170. The van der Waals surface area contributed by atoms with Crippen LogP contribution in [-0.2, 0) is 64.0 Å². The molecule has 2 saturated heterocycles. The number of epoxide rings is 1. The summed E-state index contributed by atoms with van der Waals surface area (Å²) in [6.45, 7) is 10.5. The van der Waals surface area contributed by atoms with Crippen LogP contribution in [-0.4, -0.2) is 196 Å². The van der Waals surface area contributed by atoms with E-state index in [-0.39, 0.29) is 53.5 Å². The Morgan fingerprint density at radius 3 is 2.33 bits per heavy atom. The number of alkyl halides is 2. The highest BCUT2D eigenvalue weighted by Gasteiger charge is 2.64. The number of fused-ring (bicyclic) bond motifs is 5. The number of primary amides is 1. The van der Waals surface area contributed by atoms with Gasteiger partial charge in [-0.15, -0.1) is 0 Å². The highest BCUT2D eigenvalue weighted by atomic mass is 79.9. The summed E-state index contributed by atoms with van der Waals surface area (Å²) >= 11 is 13.6. The smallest absolute Gasteiger partial charge is 0.409 e. The predicted octanol–water partition coefficient (Wildman–Crippen LogP) is 4.77. The number of hydrogen-bond acceptors (Lipinski definition) is 19. The van der Waals surface area contributed by atoms with E-state index in [1.165, 1.54) is 52.3 Å². The van der Waals surface area contributed by atoms with Crippen LogP contribution in [0.1, 0.15) is 102 Å². The highest BCUT2D eigenvalue weighted by Crippen LogP contribution is 2.49. The number of hydrogen-bond donors (Lipinski definition) is 8. The van der Waals surface area contributed by atoms with Crippen molar-refractivity contribution in [2.24, 2.45) is 17.6 Å². The molecule has 0 radical (unpaired) electrons. The zero-order chi connectivity index (χ0) is 67.9. The van der Waals surface area contributed by atoms with Gasteiger partial charge in [0.25, 0.3) is 5.91 Å². The number of methoxy groups -OCH3 is 2. The summed E-state index contributed by atoms with van der Waals surface area (Å²) < 4.78 is 56.6. The average Bonchev–Trinajstić information content (AvgIpc) is 1.59. The van der Waals surface area contributed by atoms with Gasteiger partial charge in [0.2, 0.25) is 17.7 Å². The summed E-state index contributed by atoms with van der Waals surface area (Å²) in [4.78, 5) is 122. The Balaban J connectivity index is 1.39. The number of halogens is 3. The first-order chi connectivity index (χ1) is 42.7. The Hall–Kier alpha value is -6.05. The fourth-order valence-corrected chi connectivity index (χ4v) is 13.5. The molecule has 1 unspecified atom stereocenters. The van der Waals surface area contributed by atoms with Crippen molar-refractivity contribution in [1.29, 1.82) is 0 Å². The van der Waals surface area contributed by atoms with Crippen molar-refractivity contribution >= 4 is 119 Å². The lowest BCUT2D eigenvalue weighted by Crippen LogP contribution is -2.63. The van der Waals surface area contributed by atoms with E-state index in [1.54, 1.807) is 58.1 Å².